The van der Waals surface area contributed by atoms with E-state index in [0.717, 1.165) is 28.5 Å². The van der Waals surface area contributed by atoms with Crippen LogP contribution in [0.1, 0.15) is 33.5 Å². The number of hydrogen-bond acceptors (Lipinski definition) is 4. The third-order valence-corrected chi connectivity index (χ3v) is 3.89. The number of rotatable bonds is 5. The van der Waals surface area contributed by atoms with Gasteiger partial charge in [-0.15, -0.1) is 11.3 Å². The molecule has 0 saturated carbocycles. The lowest BCUT2D eigenvalue weighted by atomic mass is 10.1. The van der Waals surface area contributed by atoms with E-state index < -0.39 is 0 Å². The van der Waals surface area contributed by atoms with Crippen molar-refractivity contribution in [1.29, 1.82) is 0 Å². The van der Waals surface area contributed by atoms with Crippen LogP contribution in [-0.2, 0) is 6.54 Å². The van der Waals surface area contributed by atoms with Gasteiger partial charge in [0.15, 0.2) is 0 Å². The Morgan fingerprint density at radius 2 is 2.15 bits per heavy atom. The SMILES string of the molecule is CCNc1ccc(C(=O)NCc2nc(C)cs2)c(C)c1. The molecule has 0 fully saturated rings. The second-order valence-corrected chi connectivity index (χ2v) is 5.57. The number of anilines is 1. The van der Waals surface area contributed by atoms with Gasteiger partial charge in [0.1, 0.15) is 5.01 Å². The van der Waals surface area contributed by atoms with Gasteiger partial charge in [0.25, 0.3) is 5.91 Å². The average molecular weight is 289 g/mol. The molecule has 0 aliphatic heterocycles. The number of nitrogens with one attached hydrogen (secondary N) is 2. The lowest BCUT2D eigenvalue weighted by molar-refractivity contribution is 0.0950. The lowest BCUT2D eigenvalue weighted by Gasteiger charge is -2.09. The van der Waals surface area contributed by atoms with Crippen LogP contribution >= 0.6 is 11.3 Å². The highest BCUT2D eigenvalue weighted by molar-refractivity contribution is 7.09. The van der Waals surface area contributed by atoms with Crippen molar-refractivity contribution in [3.63, 3.8) is 0 Å². The third kappa shape index (κ3) is 3.57. The summed E-state index contributed by atoms with van der Waals surface area (Å²) in [6.45, 7) is 7.29. The molecule has 1 aromatic carbocycles. The molecule has 2 aromatic rings. The average Bonchev–Trinajstić information content (AvgIpc) is 2.82. The topological polar surface area (TPSA) is 54.0 Å². The number of aryl methyl sites for hydroxylation is 2. The molecule has 0 aliphatic carbocycles. The van der Waals surface area contributed by atoms with Crippen molar-refractivity contribution >= 4 is 22.9 Å². The summed E-state index contributed by atoms with van der Waals surface area (Å²) in [6, 6.07) is 5.78. The van der Waals surface area contributed by atoms with Crippen LogP contribution in [-0.4, -0.2) is 17.4 Å². The molecule has 0 aliphatic rings. The molecule has 0 bridgehead atoms. The summed E-state index contributed by atoms with van der Waals surface area (Å²) in [6.07, 6.45) is 0. The normalized spacial score (nSPS) is 10.3. The molecule has 4 nitrogen and oxygen atoms in total. The van der Waals surface area contributed by atoms with Gasteiger partial charge in [-0.1, -0.05) is 0 Å². The van der Waals surface area contributed by atoms with E-state index in [9.17, 15) is 4.79 Å². The van der Waals surface area contributed by atoms with Crippen molar-refractivity contribution in [3.05, 3.63) is 45.4 Å². The number of carbonyl (C=O) groups is 1. The first-order chi connectivity index (χ1) is 9.60. The Bertz CT molecular complexity index is 607. The van der Waals surface area contributed by atoms with E-state index in [-0.39, 0.29) is 5.91 Å². The maximum atomic E-state index is 12.2. The highest BCUT2D eigenvalue weighted by Gasteiger charge is 2.10. The van der Waals surface area contributed by atoms with Crippen LogP contribution in [0, 0.1) is 13.8 Å². The van der Waals surface area contributed by atoms with E-state index in [1.54, 1.807) is 11.3 Å². The molecule has 2 N–H and O–H groups in total. The Morgan fingerprint density at radius 1 is 1.35 bits per heavy atom. The fraction of sp³-hybridized carbons (Fsp3) is 0.333. The summed E-state index contributed by atoms with van der Waals surface area (Å²) in [7, 11) is 0. The van der Waals surface area contributed by atoms with Crippen molar-refractivity contribution in [2.24, 2.45) is 0 Å². The Balaban J connectivity index is 2.01. The van der Waals surface area contributed by atoms with Crippen LogP contribution in [0.4, 0.5) is 5.69 Å². The van der Waals surface area contributed by atoms with Crippen LogP contribution in [0.25, 0.3) is 0 Å². The zero-order valence-electron chi connectivity index (χ0n) is 12.0. The zero-order chi connectivity index (χ0) is 14.5. The third-order valence-electron chi connectivity index (χ3n) is 2.92. The minimum atomic E-state index is -0.0570. The fourth-order valence-corrected chi connectivity index (χ4v) is 2.68. The molecule has 1 aromatic heterocycles. The largest absolute Gasteiger partial charge is 0.385 e. The number of nitrogens with zero attached hydrogens (tertiary/aromatic N) is 1. The molecule has 0 saturated heterocycles. The molecule has 1 amide bonds. The number of carbonyl (C=O) groups excluding carboxylic acids is 1. The summed E-state index contributed by atoms with van der Waals surface area (Å²) < 4.78 is 0. The molecule has 1 heterocycles. The van der Waals surface area contributed by atoms with Gasteiger partial charge in [0, 0.05) is 28.9 Å². The highest BCUT2D eigenvalue weighted by atomic mass is 32.1. The summed E-state index contributed by atoms with van der Waals surface area (Å²) in [5, 5.41) is 9.06. The van der Waals surface area contributed by atoms with E-state index in [1.165, 1.54) is 0 Å². The molecule has 0 radical (unpaired) electrons. The van der Waals surface area contributed by atoms with Crippen LogP contribution < -0.4 is 10.6 Å². The van der Waals surface area contributed by atoms with Gasteiger partial charge in [-0.3, -0.25) is 4.79 Å². The van der Waals surface area contributed by atoms with Gasteiger partial charge in [0.05, 0.1) is 6.54 Å². The van der Waals surface area contributed by atoms with Crippen LogP contribution in [0.3, 0.4) is 0 Å². The number of aromatic nitrogens is 1. The molecule has 2 rings (SSSR count). The fourth-order valence-electron chi connectivity index (χ4n) is 1.97. The van der Waals surface area contributed by atoms with E-state index in [4.69, 9.17) is 0 Å². The van der Waals surface area contributed by atoms with Gasteiger partial charge in [-0.05, 0) is 44.5 Å². The highest BCUT2D eigenvalue weighted by Crippen LogP contribution is 2.15. The molecular weight excluding hydrogens is 270 g/mol. The minimum absolute atomic E-state index is 0.0570. The number of hydrogen-bond donors (Lipinski definition) is 2. The first-order valence-electron chi connectivity index (χ1n) is 6.64. The molecule has 0 atom stereocenters. The van der Waals surface area contributed by atoms with Crippen molar-refractivity contribution in [2.45, 2.75) is 27.3 Å². The maximum Gasteiger partial charge on any atom is 0.251 e. The second kappa shape index (κ2) is 6.52. The zero-order valence-corrected chi connectivity index (χ0v) is 12.8. The lowest BCUT2D eigenvalue weighted by Crippen LogP contribution is -2.23. The summed E-state index contributed by atoms with van der Waals surface area (Å²) in [4.78, 5) is 16.5. The summed E-state index contributed by atoms with van der Waals surface area (Å²) in [5.41, 5.74) is 3.71. The van der Waals surface area contributed by atoms with E-state index >= 15 is 0 Å². The first kappa shape index (κ1) is 14.5. The monoisotopic (exact) mass is 289 g/mol. The number of amides is 1. The second-order valence-electron chi connectivity index (χ2n) is 4.63. The smallest absolute Gasteiger partial charge is 0.251 e. The van der Waals surface area contributed by atoms with E-state index in [0.29, 0.717) is 12.1 Å². The molecule has 20 heavy (non-hydrogen) atoms. The van der Waals surface area contributed by atoms with Gasteiger partial charge < -0.3 is 10.6 Å². The van der Waals surface area contributed by atoms with Crippen LogP contribution in [0.15, 0.2) is 23.6 Å². The predicted molar refractivity (Wildman–Crippen MR) is 83.4 cm³/mol. The van der Waals surface area contributed by atoms with Crippen LogP contribution in [0.2, 0.25) is 0 Å². The Kier molecular flexibility index (Phi) is 4.74. The first-order valence-corrected chi connectivity index (χ1v) is 7.52. The minimum Gasteiger partial charge on any atom is -0.385 e. The number of thiazole rings is 1. The van der Waals surface area contributed by atoms with Gasteiger partial charge in [-0.2, -0.15) is 0 Å². The molecule has 0 spiro atoms. The molecule has 106 valence electrons. The van der Waals surface area contributed by atoms with Crippen molar-refractivity contribution in [3.8, 4) is 0 Å². The van der Waals surface area contributed by atoms with Gasteiger partial charge in [0.2, 0.25) is 0 Å². The predicted octanol–water partition coefficient (Wildman–Crippen LogP) is 3.12. The Morgan fingerprint density at radius 3 is 2.75 bits per heavy atom. The Labute approximate surface area is 123 Å². The maximum absolute atomic E-state index is 12.2. The Hall–Kier alpha value is -1.88. The summed E-state index contributed by atoms with van der Waals surface area (Å²) in [5.74, 6) is -0.0570. The van der Waals surface area contributed by atoms with Crippen LogP contribution in [0.5, 0.6) is 0 Å². The molecular formula is C15H19N3OS. The molecule has 5 heteroatoms. The van der Waals surface area contributed by atoms with Crippen molar-refractivity contribution < 1.29 is 4.79 Å². The quantitative estimate of drug-likeness (QED) is 0.889. The standard InChI is InChI=1S/C15H19N3OS/c1-4-16-12-5-6-13(10(2)7-12)15(19)17-8-14-18-11(3)9-20-14/h5-7,9,16H,4,8H2,1-3H3,(H,17,19). The van der Waals surface area contributed by atoms with Crippen molar-refractivity contribution in [2.75, 3.05) is 11.9 Å². The van der Waals surface area contributed by atoms with E-state index in [1.807, 2.05) is 44.4 Å². The molecule has 0 unspecified atom stereocenters. The van der Waals surface area contributed by atoms with Crippen molar-refractivity contribution in [1.82, 2.24) is 10.3 Å². The van der Waals surface area contributed by atoms with Gasteiger partial charge >= 0.3 is 0 Å². The summed E-state index contributed by atoms with van der Waals surface area (Å²) >= 11 is 1.56. The van der Waals surface area contributed by atoms with E-state index in [2.05, 4.69) is 15.6 Å². The van der Waals surface area contributed by atoms with Gasteiger partial charge in [-0.25, -0.2) is 4.98 Å². The number of benzene rings is 1.